The number of unbranched alkanes of at least 4 members (excludes halogenated alkanes) is 4. The molecule has 0 fully saturated rings. The second-order valence-corrected chi connectivity index (χ2v) is 69.4. The summed E-state index contributed by atoms with van der Waals surface area (Å²) >= 11 is -5.47. The molecule has 4 heteroatoms. The van der Waals surface area contributed by atoms with Crippen molar-refractivity contribution in [2.75, 3.05) is 0 Å². The number of allylic oxidation sites excluding steroid dienone is 2. The second-order valence-electron chi connectivity index (χ2n) is 26.9. The van der Waals surface area contributed by atoms with Crippen molar-refractivity contribution in [3.63, 3.8) is 0 Å². The van der Waals surface area contributed by atoms with Crippen molar-refractivity contribution in [2.24, 2.45) is 0 Å². The quantitative estimate of drug-likeness (QED) is 0.0710. The number of rotatable bonds is 15. The Hall–Kier alpha value is -3.52. The molecule has 0 saturated carbocycles. The van der Waals surface area contributed by atoms with Gasteiger partial charge in [0, 0.05) is 0 Å². The van der Waals surface area contributed by atoms with Gasteiger partial charge in [0.2, 0.25) is 0 Å². The molecule has 2 atom stereocenters. The summed E-state index contributed by atoms with van der Waals surface area (Å²) in [7, 11) is 19.2. The van der Waals surface area contributed by atoms with E-state index >= 15 is 0 Å². The van der Waals surface area contributed by atoms with E-state index in [4.69, 9.17) is 0 Å². The summed E-state index contributed by atoms with van der Waals surface area (Å²) in [6, 6.07) is 47.6. The van der Waals surface area contributed by atoms with Gasteiger partial charge in [-0.2, -0.15) is 0 Å². The fourth-order valence-corrected chi connectivity index (χ4v) is 43.6. The maximum absolute atomic E-state index is 9.60. The summed E-state index contributed by atoms with van der Waals surface area (Å²) in [5.74, 6) is -1.96. The van der Waals surface area contributed by atoms with Gasteiger partial charge in [-0.05, 0) is 0 Å². The van der Waals surface area contributed by atoms with E-state index in [0.29, 0.717) is 0 Å². The van der Waals surface area contributed by atoms with Crippen molar-refractivity contribution in [1.29, 1.82) is 0 Å². The molecule has 6 aromatic carbocycles. The van der Waals surface area contributed by atoms with Crippen LogP contribution in [0.4, 0.5) is 0 Å². The molecule has 74 heavy (non-hydrogen) atoms. The summed E-state index contributed by atoms with van der Waals surface area (Å²) < 4.78 is -0.110. The minimum atomic E-state index is -5.47. The van der Waals surface area contributed by atoms with E-state index in [9.17, 15) is 17.0 Å². The molecule has 6 aromatic rings. The van der Waals surface area contributed by atoms with Crippen LogP contribution in [-0.2, 0) is 37.2 Å². The molecule has 2 aliphatic carbocycles. The first-order chi connectivity index (χ1) is 34.7. The fraction of sp³-hybridized carbons (Fsp3) is 0.429. The van der Waals surface area contributed by atoms with Crippen LogP contribution in [0.15, 0.2) is 132 Å². The average molecular weight is 1120 g/mol. The zero-order valence-electron chi connectivity index (χ0n) is 48.3. The van der Waals surface area contributed by atoms with Gasteiger partial charge in [0.25, 0.3) is 0 Å². The Bertz CT molecular complexity index is 2830. The maximum atomic E-state index is 9.60. The Morgan fingerprint density at radius 3 is 0.878 bits per heavy atom. The Balaban J connectivity index is 1.47. The van der Waals surface area contributed by atoms with Crippen LogP contribution in [0.5, 0.6) is 0 Å². The number of hydrogen-bond acceptors (Lipinski definition) is 0. The molecular weight excluding hydrogens is 1030 g/mol. The summed E-state index contributed by atoms with van der Waals surface area (Å²) in [4.78, 5) is 0. The average Bonchev–Trinajstić information content (AvgIpc) is 3.94. The van der Waals surface area contributed by atoms with Crippen molar-refractivity contribution < 1.29 is 15.6 Å². The normalized spacial score (nSPS) is 16.7. The molecule has 2 aliphatic rings. The monoisotopic (exact) mass is 1120 g/mol. The minimum absolute atomic E-state index is 0.0416. The van der Waals surface area contributed by atoms with Crippen LogP contribution in [0.1, 0.15) is 200 Å². The zero-order chi connectivity index (χ0) is 53.8. The first kappa shape index (κ1) is 56.7. The van der Waals surface area contributed by atoms with E-state index < -0.39 is 21.5 Å². The molecule has 0 heterocycles. The third-order valence-electron chi connectivity index (χ3n) is 17.1. The molecule has 0 amide bonds. The molecule has 0 spiro atoms. The SMILES string of the molecule is CCCCCC1=Cc2c(-c3ccc(C(C)(C)C)cc3)ccc(-c3ccc(C(C)(C)C)cc3)c2[CH]1[Zr]([Cl])([Cl])([CH]1C(CCCCC)=Cc2c(-c3ccc(C(C)(C)C)cc3)ccc(-c3ccc(C(C)(C)C)cc3)c21)[SiH](C)C. The number of hydrogen-bond donors (Lipinski definition) is 0. The van der Waals surface area contributed by atoms with Crippen LogP contribution in [0.25, 0.3) is 56.7 Å². The van der Waals surface area contributed by atoms with Gasteiger partial charge >= 0.3 is 462 Å². The van der Waals surface area contributed by atoms with Crippen LogP contribution >= 0.6 is 17.0 Å². The van der Waals surface area contributed by atoms with Crippen LogP contribution in [0, 0.1) is 0 Å². The molecule has 0 aromatic heterocycles. The molecule has 0 aliphatic heterocycles. The molecule has 8 rings (SSSR count). The predicted octanol–water partition coefficient (Wildman–Crippen LogP) is 22.3. The van der Waals surface area contributed by atoms with Gasteiger partial charge < -0.3 is 0 Å². The van der Waals surface area contributed by atoms with Gasteiger partial charge in [0.05, 0.1) is 0 Å². The summed E-state index contributed by atoms with van der Waals surface area (Å²) in [5, 5.41) is 0. The number of benzene rings is 6. The Labute approximate surface area is 458 Å². The molecule has 0 nitrogen and oxygen atoms in total. The topological polar surface area (TPSA) is 0 Å². The predicted molar refractivity (Wildman–Crippen MR) is 330 cm³/mol. The van der Waals surface area contributed by atoms with Crippen molar-refractivity contribution in [3.05, 3.63) is 177 Å². The fourth-order valence-electron chi connectivity index (χ4n) is 12.4. The Kier molecular flexibility index (Phi) is 16.4. The zero-order valence-corrected chi connectivity index (χ0v) is 53.5. The summed E-state index contributed by atoms with van der Waals surface area (Å²) in [5.41, 5.74) is 24.1. The Morgan fingerprint density at radius 1 is 0.378 bits per heavy atom. The molecule has 0 saturated heterocycles. The number of halogens is 2. The van der Waals surface area contributed by atoms with Gasteiger partial charge in [-0.15, -0.1) is 0 Å². The molecule has 0 N–H and O–H groups in total. The van der Waals surface area contributed by atoms with E-state index in [-0.39, 0.29) is 28.9 Å². The van der Waals surface area contributed by atoms with Crippen molar-refractivity contribution in [2.45, 2.75) is 190 Å². The molecule has 391 valence electrons. The van der Waals surface area contributed by atoms with Gasteiger partial charge in [0.15, 0.2) is 0 Å². The van der Waals surface area contributed by atoms with E-state index in [0.717, 1.165) is 38.5 Å². The van der Waals surface area contributed by atoms with E-state index in [2.05, 4.69) is 244 Å². The van der Waals surface area contributed by atoms with Crippen LogP contribution in [-0.4, -0.2) is 5.92 Å². The van der Waals surface area contributed by atoms with Crippen LogP contribution in [0.3, 0.4) is 0 Å². The van der Waals surface area contributed by atoms with Crippen molar-refractivity contribution in [1.82, 2.24) is 0 Å². The third-order valence-corrected chi connectivity index (χ3v) is 68.9. The van der Waals surface area contributed by atoms with Crippen LogP contribution < -0.4 is 0 Å². The standard InChI is InChI=1S/2C34H41.C2H7Si.2ClH.Zr/c2*1-8-9-10-11-24-22-31-29(25-12-16-27(17-13-25)33(2,3)4)20-21-30(32(31)23-24)26-14-18-28(19-15-26)34(5,6)7;1-3-2;;;/h2*12-23H,8-11H2,1-7H3;3H,1-2H3;2*1H;/q;;;;;+2/p-2. The van der Waals surface area contributed by atoms with E-state index in [1.807, 2.05) is 0 Å². The van der Waals surface area contributed by atoms with Gasteiger partial charge in [-0.3, -0.25) is 0 Å². The third kappa shape index (κ3) is 11.0. The Morgan fingerprint density at radius 2 is 0.635 bits per heavy atom. The second kappa shape index (κ2) is 21.4. The van der Waals surface area contributed by atoms with E-state index in [1.165, 1.54) is 113 Å². The van der Waals surface area contributed by atoms with Gasteiger partial charge in [-0.25, -0.2) is 0 Å². The van der Waals surface area contributed by atoms with Gasteiger partial charge in [-0.1, -0.05) is 0 Å². The van der Waals surface area contributed by atoms with E-state index in [1.54, 1.807) is 0 Å². The van der Waals surface area contributed by atoms with Crippen LogP contribution in [0.2, 0.25) is 13.1 Å². The summed E-state index contributed by atoms with van der Waals surface area (Å²) in [6.45, 7) is 37.5. The molecule has 2 unspecified atom stereocenters. The summed E-state index contributed by atoms with van der Waals surface area (Å²) in [6.07, 6.45) is 14.2. The first-order valence-electron chi connectivity index (χ1n) is 28.4. The molecular formula is C70H89Cl2SiZr. The van der Waals surface area contributed by atoms with Crippen molar-refractivity contribution in [3.8, 4) is 44.5 Å². The molecule has 0 radical (unpaired) electrons. The van der Waals surface area contributed by atoms with Crippen molar-refractivity contribution >= 4 is 35.1 Å². The number of fused-ring (bicyclic) bond motifs is 2. The first-order valence-corrected chi connectivity index (χ1v) is 44.7. The molecule has 0 bridgehead atoms. The van der Waals surface area contributed by atoms with Gasteiger partial charge in [0.1, 0.15) is 0 Å².